The van der Waals surface area contributed by atoms with Gasteiger partial charge in [0.25, 0.3) is 0 Å². The summed E-state index contributed by atoms with van der Waals surface area (Å²) in [6.45, 7) is 21.0. The molecule has 0 unspecified atom stereocenters. The molecule has 2 aliphatic rings. The molecule has 2 rings (SSSR count). The van der Waals surface area contributed by atoms with E-state index < -0.39 is 0 Å². The normalized spacial score (nSPS) is 27.6. The predicted molar refractivity (Wildman–Crippen MR) is 118 cm³/mol. The van der Waals surface area contributed by atoms with Crippen molar-refractivity contribution >= 4 is 0 Å². The first-order chi connectivity index (χ1) is 12.3. The standard InChI is InChI=1S/C23H48N4/c1-20(2)14-18(15-21(3,4)26-20)24-12-10-9-11-13-25-19-16-22(5,6)27-23(7,8)17-19/h18-19,24-27H,9-17H2,1-8H3. The lowest BCUT2D eigenvalue weighted by molar-refractivity contribution is 0.145. The van der Waals surface area contributed by atoms with Gasteiger partial charge in [0.05, 0.1) is 0 Å². The third-order valence-electron chi connectivity index (χ3n) is 6.10. The summed E-state index contributed by atoms with van der Waals surface area (Å²) in [5, 5.41) is 15.2. The summed E-state index contributed by atoms with van der Waals surface area (Å²) in [6, 6.07) is 1.29. The van der Waals surface area contributed by atoms with Gasteiger partial charge in [-0.25, -0.2) is 0 Å². The molecule has 0 aliphatic carbocycles. The minimum absolute atomic E-state index is 0.236. The van der Waals surface area contributed by atoms with E-state index in [1.54, 1.807) is 0 Å². The van der Waals surface area contributed by atoms with Crippen molar-refractivity contribution in [2.75, 3.05) is 13.1 Å². The molecule has 0 aromatic carbocycles. The molecular weight excluding hydrogens is 332 g/mol. The number of piperidine rings is 2. The molecule has 0 spiro atoms. The van der Waals surface area contributed by atoms with Crippen LogP contribution >= 0.6 is 0 Å². The zero-order valence-electron chi connectivity index (χ0n) is 19.5. The van der Waals surface area contributed by atoms with Crippen molar-refractivity contribution in [1.29, 1.82) is 0 Å². The first-order valence-corrected chi connectivity index (χ1v) is 11.3. The molecule has 2 saturated heterocycles. The van der Waals surface area contributed by atoms with Crippen LogP contribution in [0.2, 0.25) is 0 Å². The minimum atomic E-state index is 0.236. The number of nitrogens with one attached hydrogen (secondary N) is 4. The zero-order chi connectivity index (χ0) is 20.3. The van der Waals surface area contributed by atoms with Crippen LogP contribution < -0.4 is 21.3 Å². The van der Waals surface area contributed by atoms with Gasteiger partial charge in [0, 0.05) is 34.2 Å². The lowest BCUT2D eigenvalue weighted by Gasteiger charge is -2.47. The van der Waals surface area contributed by atoms with E-state index >= 15 is 0 Å². The molecule has 4 N–H and O–H groups in total. The molecule has 4 heteroatoms. The highest BCUT2D eigenvalue weighted by Crippen LogP contribution is 2.29. The molecule has 0 aromatic heterocycles. The summed E-state index contributed by atoms with van der Waals surface area (Å²) in [4.78, 5) is 0. The Bertz CT molecular complexity index is 393. The maximum Gasteiger partial charge on any atom is 0.0144 e. The van der Waals surface area contributed by atoms with Gasteiger partial charge in [0.2, 0.25) is 0 Å². The molecule has 0 bridgehead atoms. The van der Waals surface area contributed by atoms with Gasteiger partial charge in [-0.2, -0.15) is 0 Å². The van der Waals surface area contributed by atoms with Gasteiger partial charge in [-0.3, -0.25) is 0 Å². The van der Waals surface area contributed by atoms with Crippen LogP contribution in [0.5, 0.6) is 0 Å². The van der Waals surface area contributed by atoms with Crippen LogP contribution in [0.4, 0.5) is 0 Å². The summed E-state index contributed by atoms with van der Waals surface area (Å²) < 4.78 is 0. The Labute approximate surface area is 169 Å². The fourth-order valence-corrected chi connectivity index (χ4v) is 5.97. The first kappa shape index (κ1) is 23.1. The summed E-state index contributed by atoms with van der Waals surface area (Å²) in [7, 11) is 0. The van der Waals surface area contributed by atoms with E-state index in [0.29, 0.717) is 12.1 Å². The Morgan fingerprint density at radius 3 is 1.15 bits per heavy atom. The van der Waals surface area contributed by atoms with Crippen molar-refractivity contribution in [3.8, 4) is 0 Å². The average molecular weight is 381 g/mol. The highest BCUT2D eigenvalue weighted by Gasteiger charge is 2.38. The molecule has 0 amide bonds. The summed E-state index contributed by atoms with van der Waals surface area (Å²) >= 11 is 0. The van der Waals surface area contributed by atoms with Gasteiger partial charge in [-0.1, -0.05) is 6.42 Å². The Balaban J connectivity index is 1.57. The van der Waals surface area contributed by atoms with E-state index in [1.165, 1.54) is 44.9 Å². The highest BCUT2D eigenvalue weighted by atomic mass is 15.1. The average Bonchev–Trinajstić information content (AvgIpc) is 2.39. The van der Waals surface area contributed by atoms with Crippen LogP contribution in [-0.2, 0) is 0 Å². The molecule has 4 nitrogen and oxygen atoms in total. The van der Waals surface area contributed by atoms with Crippen molar-refractivity contribution < 1.29 is 0 Å². The van der Waals surface area contributed by atoms with Crippen LogP contribution in [0.15, 0.2) is 0 Å². The van der Waals surface area contributed by atoms with Crippen LogP contribution in [0.3, 0.4) is 0 Å². The predicted octanol–water partition coefficient (Wildman–Crippen LogP) is 3.95. The zero-order valence-corrected chi connectivity index (χ0v) is 19.5. The Kier molecular flexibility index (Phi) is 7.44. The molecule has 0 radical (unpaired) electrons. The number of unbranched alkanes of at least 4 members (excludes halogenated alkanes) is 2. The van der Waals surface area contributed by atoms with Crippen LogP contribution in [0.1, 0.15) is 100 Å². The van der Waals surface area contributed by atoms with E-state index in [1.807, 2.05) is 0 Å². The van der Waals surface area contributed by atoms with Crippen molar-refractivity contribution in [1.82, 2.24) is 21.3 Å². The SMILES string of the molecule is CC1(C)CC(NCCCCCNC2CC(C)(C)NC(C)(C)C2)CC(C)(C)N1. The van der Waals surface area contributed by atoms with Gasteiger partial charge in [0.1, 0.15) is 0 Å². The highest BCUT2D eigenvalue weighted by molar-refractivity contribution is 5.00. The number of hydrogen-bond acceptors (Lipinski definition) is 4. The maximum atomic E-state index is 3.83. The van der Waals surface area contributed by atoms with Crippen LogP contribution in [-0.4, -0.2) is 47.3 Å². The first-order valence-electron chi connectivity index (χ1n) is 11.3. The molecule has 0 saturated carbocycles. The monoisotopic (exact) mass is 380 g/mol. The van der Waals surface area contributed by atoms with Crippen molar-refractivity contribution in [3.63, 3.8) is 0 Å². The number of hydrogen-bond donors (Lipinski definition) is 4. The van der Waals surface area contributed by atoms with Crippen LogP contribution in [0, 0.1) is 0 Å². The lowest BCUT2D eigenvalue weighted by atomic mass is 9.79. The molecule has 2 heterocycles. The Hall–Kier alpha value is -0.160. The van der Waals surface area contributed by atoms with Gasteiger partial charge in [0.15, 0.2) is 0 Å². The molecular formula is C23H48N4. The lowest BCUT2D eigenvalue weighted by Crippen LogP contribution is -2.61. The third kappa shape index (κ3) is 8.39. The summed E-state index contributed by atoms with van der Waals surface area (Å²) in [5.41, 5.74) is 0.943. The largest absolute Gasteiger partial charge is 0.314 e. The summed E-state index contributed by atoms with van der Waals surface area (Å²) in [6.07, 6.45) is 8.78. The van der Waals surface area contributed by atoms with E-state index in [0.717, 1.165) is 13.1 Å². The molecule has 0 aromatic rings. The Morgan fingerprint density at radius 1 is 0.556 bits per heavy atom. The van der Waals surface area contributed by atoms with Gasteiger partial charge in [-0.05, 0) is 107 Å². The van der Waals surface area contributed by atoms with E-state index in [9.17, 15) is 0 Å². The second-order valence-corrected chi connectivity index (χ2v) is 12.0. The second kappa shape index (κ2) is 8.69. The van der Waals surface area contributed by atoms with E-state index in [-0.39, 0.29) is 22.2 Å². The summed E-state index contributed by atoms with van der Waals surface area (Å²) in [5.74, 6) is 0. The molecule has 2 fully saturated rings. The third-order valence-corrected chi connectivity index (χ3v) is 6.10. The van der Waals surface area contributed by atoms with Gasteiger partial charge >= 0.3 is 0 Å². The van der Waals surface area contributed by atoms with E-state index in [4.69, 9.17) is 0 Å². The molecule has 160 valence electrons. The quantitative estimate of drug-likeness (QED) is 0.482. The number of rotatable bonds is 8. The van der Waals surface area contributed by atoms with E-state index in [2.05, 4.69) is 76.7 Å². The van der Waals surface area contributed by atoms with Gasteiger partial charge in [-0.15, -0.1) is 0 Å². The molecule has 27 heavy (non-hydrogen) atoms. The van der Waals surface area contributed by atoms with Crippen molar-refractivity contribution in [3.05, 3.63) is 0 Å². The van der Waals surface area contributed by atoms with Crippen LogP contribution in [0.25, 0.3) is 0 Å². The fraction of sp³-hybridized carbons (Fsp3) is 1.00. The molecule has 0 atom stereocenters. The van der Waals surface area contributed by atoms with Crippen molar-refractivity contribution in [2.24, 2.45) is 0 Å². The fourth-order valence-electron chi connectivity index (χ4n) is 5.97. The Morgan fingerprint density at radius 2 is 0.852 bits per heavy atom. The second-order valence-electron chi connectivity index (χ2n) is 12.0. The maximum absolute atomic E-state index is 3.83. The van der Waals surface area contributed by atoms with Crippen molar-refractivity contribution in [2.45, 2.75) is 135 Å². The van der Waals surface area contributed by atoms with Gasteiger partial charge < -0.3 is 21.3 Å². The smallest absolute Gasteiger partial charge is 0.0144 e. The molecule has 2 aliphatic heterocycles. The minimum Gasteiger partial charge on any atom is -0.314 e. The topological polar surface area (TPSA) is 48.1 Å².